The maximum atomic E-state index is 12.7. The third kappa shape index (κ3) is 4.47. The van der Waals surface area contributed by atoms with E-state index in [9.17, 15) is 31.1 Å². The van der Waals surface area contributed by atoms with Crippen LogP contribution in [-0.2, 0) is 0 Å². The van der Waals surface area contributed by atoms with Crippen molar-refractivity contribution in [3.05, 3.63) is 67.6 Å². The summed E-state index contributed by atoms with van der Waals surface area (Å²) < 4.78 is 74.0. The summed E-state index contributed by atoms with van der Waals surface area (Å²) in [5, 5.41) is 8.36. The van der Waals surface area contributed by atoms with E-state index in [1.165, 1.54) is 0 Å². The molecular formula is C13H4Br2F6O2. The maximum absolute atomic E-state index is 12.7. The molecule has 0 bridgehead atoms. The number of carboxylic acid groups (broad SMARTS) is 1. The summed E-state index contributed by atoms with van der Waals surface area (Å²) >= 11 is 5.25. The highest BCUT2D eigenvalue weighted by Gasteiger charge is 2.21. The summed E-state index contributed by atoms with van der Waals surface area (Å²) in [5.74, 6) is -10.4. The molecule has 0 unspecified atom stereocenters. The number of hydrogen-bond acceptors (Lipinski definition) is 1. The molecule has 0 fully saturated rings. The minimum absolute atomic E-state index is 0.0774. The van der Waals surface area contributed by atoms with Gasteiger partial charge in [-0.25, -0.2) is 31.1 Å². The van der Waals surface area contributed by atoms with Crippen molar-refractivity contribution >= 4 is 37.8 Å². The average molecular weight is 466 g/mol. The van der Waals surface area contributed by atoms with E-state index in [4.69, 9.17) is 5.11 Å². The van der Waals surface area contributed by atoms with Crippen molar-refractivity contribution in [1.82, 2.24) is 0 Å². The molecule has 0 aliphatic carbocycles. The van der Waals surface area contributed by atoms with E-state index >= 15 is 0 Å². The van der Waals surface area contributed by atoms with Gasteiger partial charge < -0.3 is 5.11 Å². The number of aromatic carboxylic acids is 1. The second kappa shape index (κ2) is 7.82. The molecule has 0 spiro atoms. The fourth-order valence-electron chi connectivity index (χ4n) is 1.23. The lowest BCUT2D eigenvalue weighted by molar-refractivity contribution is 0.0690. The summed E-state index contributed by atoms with van der Waals surface area (Å²) in [4.78, 5) is 10.3. The number of carbonyl (C=O) groups is 1. The van der Waals surface area contributed by atoms with E-state index in [2.05, 4.69) is 31.9 Å². The van der Waals surface area contributed by atoms with Crippen LogP contribution in [0.15, 0.2) is 27.1 Å². The van der Waals surface area contributed by atoms with E-state index in [1.54, 1.807) is 0 Å². The molecule has 2 aromatic rings. The molecule has 124 valence electrons. The van der Waals surface area contributed by atoms with Crippen molar-refractivity contribution in [1.29, 1.82) is 0 Å². The third-order valence-corrected chi connectivity index (χ3v) is 3.51. The normalized spacial score (nSPS) is 10.1. The number of benzene rings is 2. The summed E-state index contributed by atoms with van der Waals surface area (Å²) in [6.07, 6.45) is 0. The molecule has 0 radical (unpaired) electrons. The first-order valence-corrected chi connectivity index (χ1v) is 7.01. The molecule has 0 aromatic heterocycles. The minimum Gasteiger partial charge on any atom is -0.478 e. The molecular weight excluding hydrogens is 462 g/mol. The third-order valence-electron chi connectivity index (χ3n) is 2.32. The van der Waals surface area contributed by atoms with Crippen molar-refractivity contribution in [2.45, 2.75) is 0 Å². The van der Waals surface area contributed by atoms with Gasteiger partial charge in [-0.1, -0.05) is 0 Å². The van der Waals surface area contributed by atoms with E-state index < -0.39 is 50.9 Å². The minimum atomic E-state index is -1.80. The highest BCUT2D eigenvalue weighted by atomic mass is 79.9. The molecule has 10 heteroatoms. The molecule has 0 saturated carbocycles. The zero-order chi connectivity index (χ0) is 17.9. The molecule has 1 N–H and O–H groups in total. The summed E-state index contributed by atoms with van der Waals surface area (Å²) in [5.41, 5.74) is -0.911. The Bertz CT molecular complexity index is 740. The van der Waals surface area contributed by atoms with Gasteiger partial charge in [0, 0.05) is 0 Å². The fraction of sp³-hybridized carbons (Fsp3) is 0. The Morgan fingerprint density at radius 2 is 1.30 bits per heavy atom. The first-order valence-electron chi connectivity index (χ1n) is 5.43. The maximum Gasteiger partial charge on any atom is 0.338 e. The van der Waals surface area contributed by atoms with Gasteiger partial charge in [-0.15, -0.1) is 0 Å². The zero-order valence-electron chi connectivity index (χ0n) is 10.6. The SMILES string of the molecule is Fc1ccc(Br)c(F)c1F.O=C(O)c1cc(Br)c(F)c(F)c1F. The Morgan fingerprint density at radius 1 is 0.783 bits per heavy atom. The summed E-state index contributed by atoms with van der Waals surface area (Å²) in [6, 6.07) is 2.62. The van der Waals surface area contributed by atoms with E-state index in [1.807, 2.05) is 0 Å². The van der Waals surface area contributed by atoms with Crippen molar-refractivity contribution < 1.29 is 36.2 Å². The van der Waals surface area contributed by atoms with E-state index in [0.717, 1.165) is 12.1 Å². The summed E-state index contributed by atoms with van der Waals surface area (Å²) in [6.45, 7) is 0. The van der Waals surface area contributed by atoms with Crippen LogP contribution in [-0.4, -0.2) is 11.1 Å². The van der Waals surface area contributed by atoms with Crippen molar-refractivity contribution in [2.24, 2.45) is 0 Å². The molecule has 0 atom stereocenters. The summed E-state index contributed by atoms with van der Waals surface area (Å²) in [7, 11) is 0. The smallest absolute Gasteiger partial charge is 0.338 e. The van der Waals surface area contributed by atoms with Crippen LogP contribution in [0.2, 0.25) is 0 Å². The van der Waals surface area contributed by atoms with Crippen LogP contribution in [0.5, 0.6) is 0 Å². The predicted molar refractivity (Wildman–Crippen MR) is 75.0 cm³/mol. The van der Waals surface area contributed by atoms with Crippen LogP contribution >= 0.6 is 31.9 Å². The second-order valence-electron chi connectivity index (χ2n) is 3.81. The second-order valence-corrected chi connectivity index (χ2v) is 5.52. The van der Waals surface area contributed by atoms with Gasteiger partial charge in [-0.05, 0) is 50.1 Å². The van der Waals surface area contributed by atoms with Crippen LogP contribution < -0.4 is 0 Å². The Hall–Kier alpha value is -1.55. The van der Waals surface area contributed by atoms with Crippen LogP contribution in [0.3, 0.4) is 0 Å². The van der Waals surface area contributed by atoms with Crippen molar-refractivity contribution in [3.63, 3.8) is 0 Å². The van der Waals surface area contributed by atoms with Crippen LogP contribution in [0, 0.1) is 34.9 Å². The monoisotopic (exact) mass is 464 g/mol. The lowest BCUT2D eigenvalue weighted by atomic mass is 10.2. The number of hydrogen-bond donors (Lipinski definition) is 1. The first kappa shape index (κ1) is 19.5. The standard InChI is InChI=1S/C7H2BrF3O2.C6H2BrF3/c8-3-1-2(7(12)13)4(9)6(11)5(3)10;7-3-1-2-4(8)6(10)5(3)9/h1H,(H,12,13);1-2H. The fourth-order valence-corrected chi connectivity index (χ4v) is 1.94. The topological polar surface area (TPSA) is 37.3 Å². The highest BCUT2D eigenvalue weighted by Crippen LogP contribution is 2.23. The van der Waals surface area contributed by atoms with Gasteiger partial charge in [0.05, 0.1) is 14.5 Å². The Labute approximate surface area is 142 Å². The van der Waals surface area contributed by atoms with E-state index in [-0.39, 0.29) is 4.47 Å². The number of rotatable bonds is 1. The zero-order valence-corrected chi connectivity index (χ0v) is 13.8. The molecule has 2 rings (SSSR count). The Balaban J connectivity index is 0.000000238. The molecule has 0 saturated heterocycles. The molecule has 0 heterocycles. The van der Waals surface area contributed by atoms with Crippen molar-refractivity contribution in [3.8, 4) is 0 Å². The van der Waals surface area contributed by atoms with Crippen LogP contribution in [0.4, 0.5) is 26.3 Å². The van der Waals surface area contributed by atoms with Gasteiger partial charge in [0.1, 0.15) is 0 Å². The Morgan fingerprint density at radius 3 is 1.78 bits per heavy atom. The number of halogens is 8. The highest BCUT2D eigenvalue weighted by molar-refractivity contribution is 9.10. The van der Waals surface area contributed by atoms with Gasteiger partial charge in [0.25, 0.3) is 0 Å². The van der Waals surface area contributed by atoms with Gasteiger partial charge in [0.15, 0.2) is 34.9 Å². The lowest BCUT2D eigenvalue weighted by Gasteiger charge is -2.01. The molecule has 0 amide bonds. The largest absolute Gasteiger partial charge is 0.478 e. The van der Waals surface area contributed by atoms with Gasteiger partial charge in [0.2, 0.25) is 0 Å². The lowest BCUT2D eigenvalue weighted by Crippen LogP contribution is -2.05. The predicted octanol–water partition coefficient (Wildman–Crippen LogP) is 5.43. The molecule has 2 aromatic carbocycles. The molecule has 0 aliphatic rings. The molecule has 2 nitrogen and oxygen atoms in total. The van der Waals surface area contributed by atoms with Gasteiger partial charge in [-0.3, -0.25) is 0 Å². The average Bonchev–Trinajstić information content (AvgIpc) is 2.51. The van der Waals surface area contributed by atoms with Crippen LogP contribution in [0.1, 0.15) is 10.4 Å². The quantitative estimate of drug-likeness (QED) is 0.346. The van der Waals surface area contributed by atoms with Crippen molar-refractivity contribution in [2.75, 3.05) is 0 Å². The first-order chi connectivity index (χ1) is 10.6. The number of carboxylic acids is 1. The Kier molecular flexibility index (Phi) is 6.63. The van der Waals surface area contributed by atoms with Crippen LogP contribution in [0.25, 0.3) is 0 Å². The van der Waals surface area contributed by atoms with E-state index in [0.29, 0.717) is 6.07 Å². The van der Waals surface area contributed by atoms with Gasteiger partial charge in [-0.2, -0.15) is 0 Å². The van der Waals surface area contributed by atoms with Gasteiger partial charge >= 0.3 is 5.97 Å². The molecule has 0 aliphatic heterocycles. The molecule has 23 heavy (non-hydrogen) atoms.